The summed E-state index contributed by atoms with van der Waals surface area (Å²) in [6.07, 6.45) is 6.48. The first-order valence-corrected chi connectivity index (χ1v) is 14.9. The van der Waals surface area contributed by atoms with Crippen LogP contribution in [0, 0.1) is 16.7 Å². The van der Waals surface area contributed by atoms with E-state index in [1.54, 1.807) is 12.1 Å². The minimum Gasteiger partial charge on any atom is -0.478 e. The van der Waals surface area contributed by atoms with Gasteiger partial charge >= 0.3 is 5.97 Å². The van der Waals surface area contributed by atoms with Crippen LogP contribution in [0.4, 0.5) is 0 Å². The van der Waals surface area contributed by atoms with Crippen LogP contribution in [0.15, 0.2) is 29.3 Å². The van der Waals surface area contributed by atoms with Gasteiger partial charge in [0.1, 0.15) is 5.66 Å². The number of nitrogens with zero attached hydrogens (tertiary/aromatic N) is 3. The number of benzene rings is 1. The van der Waals surface area contributed by atoms with E-state index in [1.807, 2.05) is 19.2 Å². The minimum absolute atomic E-state index is 0.0231. The third-order valence-corrected chi connectivity index (χ3v) is 8.63. The molecule has 0 radical (unpaired) electrons. The lowest BCUT2D eigenvalue weighted by molar-refractivity contribution is -0.134. The van der Waals surface area contributed by atoms with Gasteiger partial charge in [-0.3, -0.25) is 4.79 Å². The maximum absolute atomic E-state index is 14.5. The van der Waals surface area contributed by atoms with E-state index in [0.29, 0.717) is 11.8 Å². The average Bonchev–Trinajstić information content (AvgIpc) is 3.12. The van der Waals surface area contributed by atoms with Gasteiger partial charge < -0.3 is 20.2 Å². The summed E-state index contributed by atoms with van der Waals surface area (Å²) in [5.41, 5.74) is 1.02. The van der Waals surface area contributed by atoms with E-state index in [9.17, 15) is 14.7 Å². The van der Waals surface area contributed by atoms with E-state index in [-0.39, 0.29) is 28.3 Å². The zero-order valence-electron chi connectivity index (χ0n) is 25.6. The van der Waals surface area contributed by atoms with E-state index < -0.39 is 11.6 Å². The number of rotatable bonds is 10. The molecule has 0 bridgehead atoms. The number of hydrogen-bond acceptors (Lipinski definition) is 5. The molecular formula is C32H52N4O3. The molecule has 39 heavy (non-hydrogen) atoms. The maximum atomic E-state index is 14.5. The highest BCUT2D eigenvalue weighted by molar-refractivity contribution is 6.39. The molecule has 218 valence electrons. The summed E-state index contributed by atoms with van der Waals surface area (Å²) >= 11 is 0. The molecule has 1 aromatic carbocycles. The van der Waals surface area contributed by atoms with Crippen molar-refractivity contribution in [1.82, 2.24) is 15.1 Å². The standard InChI is InChI=1S/C32H52N4O3/c1-9-21-35(22-20-33-8)27-28(37)36(32(34-27)18-14-25(15-19-32)31(5,6)7)26(16-17-30(2,3)4)23-10-12-24(13-11-23)29(38)39/h10-13,25-26,33H,9,14-22H2,1-8H3,(H,38,39). The first-order valence-electron chi connectivity index (χ1n) is 14.9. The lowest BCUT2D eigenvalue weighted by Crippen LogP contribution is -2.52. The van der Waals surface area contributed by atoms with Gasteiger partial charge in [0, 0.05) is 19.6 Å². The van der Waals surface area contributed by atoms with Crippen molar-refractivity contribution in [1.29, 1.82) is 0 Å². The number of carboxylic acid groups (broad SMARTS) is 1. The molecule has 1 heterocycles. The Bertz CT molecular complexity index is 1010. The van der Waals surface area contributed by atoms with Crippen LogP contribution in [0.25, 0.3) is 0 Å². The van der Waals surface area contributed by atoms with Gasteiger partial charge in [-0.1, -0.05) is 60.6 Å². The van der Waals surface area contributed by atoms with Gasteiger partial charge in [-0.15, -0.1) is 0 Å². The SMILES string of the molecule is CCCN(CCNC)C1=NC2(CCC(C(C)(C)C)CC2)N(C(CCC(C)(C)C)c2ccc(C(=O)O)cc2)C1=O. The second-order valence-electron chi connectivity index (χ2n) is 13.9. The highest BCUT2D eigenvalue weighted by Gasteiger charge is 2.53. The molecule has 2 aliphatic rings. The van der Waals surface area contributed by atoms with Crippen molar-refractivity contribution in [3.05, 3.63) is 35.4 Å². The number of nitrogens with one attached hydrogen (secondary N) is 1. The van der Waals surface area contributed by atoms with Crippen molar-refractivity contribution in [2.24, 2.45) is 21.7 Å². The number of amides is 1. The molecule has 1 aromatic rings. The van der Waals surface area contributed by atoms with Gasteiger partial charge in [-0.05, 0) is 86.4 Å². The highest BCUT2D eigenvalue weighted by Crippen LogP contribution is 2.50. The summed E-state index contributed by atoms with van der Waals surface area (Å²) in [6, 6.07) is 6.98. The Morgan fingerprint density at radius 1 is 1.13 bits per heavy atom. The van der Waals surface area contributed by atoms with Crippen LogP contribution in [-0.4, -0.2) is 65.0 Å². The number of likely N-dealkylation sites (N-methyl/N-ethyl adjacent to an activating group) is 1. The smallest absolute Gasteiger partial charge is 0.335 e. The quantitative estimate of drug-likeness (QED) is 0.361. The Kier molecular flexibility index (Phi) is 9.90. The molecule has 0 aromatic heterocycles. The molecule has 7 nitrogen and oxygen atoms in total. The van der Waals surface area contributed by atoms with E-state index >= 15 is 0 Å². The van der Waals surface area contributed by atoms with Gasteiger partial charge in [0.25, 0.3) is 5.91 Å². The fourth-order valence-electron chi connectivity index (χ4n) is 6.23. The number of carbonyl (C=O) groups is 2. The van der Waals surface area contributed by atoms with Crippen LogP contribution >= 0.6 is 0 Å². The number of amidine groups is 1. The van der Waals surface area contributed by atoms with Gasteiger partial charge in [0.15, 0.2) is 5.84 Å². The molecule has 1 spiro atoms. The summed E-state index contributed by atoms with van der Waals surface area (Å²) in [6.45, 7) is 18.1. The Morgan fingerprint density at radius 2 is 1.74 bits per heavy atom. The molecule has 1 aliphatic heterocycles. The van der Waals surface area contributed by atoms with Gasteiger partial charge in [-0.25, -0.2) is 9.79 Å². The number of carbonyl (C=O) groups excluding carboxylic acids is 1. The number of aliphatic imine (C=N–C) groups is 1. The molecule has 7 heteroatoms. The van der Waals surface area contributed by atoms with Crippen molar-refractivity contribution < 1.29 is 14.7 Å². The molecule has 2 N–H and O–H groups in total. The van der Waals surface area contributed by atoms with Crippen LogP contribution < -0.4 is 5.32 Å². The van der Waals surface area contributed by atoms with Crippen molar-refractivity contribution in [2.45, 2.75) is 105 Å². The maximum Gasteiger partial charge on any atom is 0.335 e. The predicted molar refractivity (Wildman–Crippen MR) is 159 cm³/mol. The number of carboxylic acids is 1. The fourth-order valence-corrected chi connectivity index (χ4v) is 6.23. The van der Waals surface area contributed by atoms with Crippen LogP contribution in [0.2, 0.25) is 0 Å². The van der Waals surface area contributed by atoms with E-state index in [4.69, 9.17) is 4.99 Å². The Hall–Kier alpha value is -2.41. The van der Waals surface area contributed by atoms with Gasteiger partial charge in [0.2, 0.25) is 0 Å². The molecule has 1 unspecified atom stereocenters. The zero-order valence-corrected chi connectivity index (χ0v) is 25.6. The summed E-state index contributed by atoms with van der Waals surface area (Å²) in [7, 11) is 1.94. The second kappa shape index (κ2) is 12.4. The molecule has 1 aliphatic carbocycles. The molecule has 1 saturated carbocycles. The zero-order chi connectivity index (χ0) is 29.0. The van der Waals surface area contributed by atoms with Crippen LogP contribution in [0.5, 0.6) is 0 Å². The normalized spacial score (nSPS) is 22.8. The van der Waals surface area contributed by atoms with Crippen LogP contribution in [0.3, 0.4) is 0 Å². The van der Waals surface area contributed by atoms with E-state index in [1.165, 1.54) is 0 Å². The van der Waals surface area contributed by atoms with Crippen molar-refractivity contribution in [3.63, 3.8) is 0 Å². The lowest BCUT2D eigenvalue weighted by Gasteiger charge is -2.47. The monoisotopic (exact) mass is 540 g/mol. The molecule has 1 fully saturated rings. The summed E-state index contributed by atoms with van der Waals surface area (Å²) in [5.74, 6) is 0.282. The van der Waals surface area contributed by atoms with Crippen molar-refractivity contribution >= 4 is 17.7 Å². The van der Waals surface area contributed by atoms with Crippen LogP contribution in [-0.2, 0) is 4.79 Å². The van der Waals surface area contributed by atoms with Crippen molar-refractivity contribution in [2.75, 3.05) is 26.7 Å². The third-order valence-electron chi connectivity index (χ3n) is 8.63. The predicted octanol–water partition coefficient (Wildman–Crippen LogP) is 6.36. The fraction of sp³-hybridized carbons (Fsp3) is 0.719. The minimum atomic E-state index is -0.938. The third kappa shape index (κ3) is 7.41. The first-order chi connectivity index (χ1) is 18.2. The Labute approximate surface area is 236 Å². The second-order valence-corrected chi connectivity index (χ2v) is 13.9. The summed E-state index contributed by atoms with van der Waals surface area (Å²) in [5, 5.41) is 12.7. The largest absolute Gasteiger partial charge is 0.478 e. The summed E-state index contributed by atoms with van der Waals surface area (Å²) in [4.78, 5) is 35.7. The molecule has 1 amide bonds. The molecule has 0 saturated heterocycles. The highest BCUT2D eigenvalue weighted by atomic mass is 16.4. The van der Waals surface area contributed by atoms with Crippen LogP contribution in [0.1, 0.15) is 115 Å². The first kappa shape index (κ1) is 31.1. The van der Waals surface area contributed by atoms with Gasteiger partial charge in [0.05, 0.1) is 11.6 Å². The van der Waals surface area contributed by atoms with E-state index in [2.05, 4.69) is 63.6 Å². The molecular weight excluding hydrogens is 488 g/mol. The van der Waals surface area contributed by atoms with E-state index in [0.717, 1.165) is 70.1 Å². The lowest BCUT2D eigenvalue weighted by atomic mass is 9.69. The topological polar surface area (TPSA) is 85.2 Å². The molecule has 1 atom stereocenters. The van der Waals surface area contributed by atoms with Crippen molar-refractivity contribution in [3.8, 4) is 0 Å². The number of hydrogen-bond donors (Lipinski definition) is 2. The Morgan fingerprint density at radius 3 is 2.23 bits per heavy atom. The summed E-state index contributed by atoms with van der Waals surface area (Å²) < 4.78 is 0. The van der Waals surface area contributed by atoms with Gasteiger partial charge in [-0.2, -0.15) is 0 Å². The molecule has 3 rings (SSSR count). The Balaban J connectivity index is 2.09. The number of aromatic carboxylic acids is 1. The average molecular weight is 541 g/mol.